The van der Waals surface area contributed by atoms with Gasteiger partial charge in [0.1, 0.15) is 0 Å². The molecule has 0 radical (unpaired) electrons. The summed E-state index contributed by atoms with van der Waals surface area (Å²) in [7, 11) is 0. The van der Waals surface area contributed by atoms with Crippen LogP contribution in [0.3, 0.4) is 0 Å². The molecule has 0 unspecified atom stereocenters. The van der Waals surface area contributed by atoms with Crippen molar-refractivity contribution in [2.24, 2.45) is 0 Å². The fourth-order valence-electron chi connectivity index (χ4n) is 1.96. The van der Waals surface area contributed by atoms with Crippen molar-refractivity contribution >= 4 is 46.4 Å². The highest BCUT2D eigenvalue weighted by atomic mass is 127. The Balaban J connectivity index is 2.01. The van der Waals surface area contributed by atoms with Crippen LogP contribution in [0.4, 0.5) is 0 Å². The van der Waals surface area contributed by atoms with Gasteiger partial charge in [0.25, 0.3) is 0 Å². The van der Waals surface area contributed by atoms with Crippen LogP contribution in [-0.4, -0.2) is 13.2 Å². The number of nitrogens with zero attached hydrogens (tertiary/aromatic N) is 3. The van der Waals surface area contributed by atoms with Crippen molar-refractivity contribution in [3.8, 4) is 0 Å². The zero-order valence-corrected chi connectivity index (χ0v) is 15.1. The fourth-order valence-corrected chi connectivity index (χ4v) is 4.67. The van der Waals surface area contributed by atoms with Crippen molar-refractivity contribution < 1.29 is 0 Å². The molecule has 0 saturated heterocycles. The van der Waals surface area contributed by atoms with E-state index in [1.165, 1.54) is 16.2 Å². The van der Waals surface area contributed by atoms with Crippen molar-refractivity contribution in [3.63, 3.8) is 0 Å². The first kappa shape index (κ1) is 15.2. The summed E-state index contributed by atoms with van der Waals surface area (Å²) < 4.78 is 1.87. The van der Waals surface area contributed by atoms with E-state index in [1.54, 1.807) is 0 Å². The summed E-state index contributed by atoms with van der Waals surface area (Å²) in [4.78, 5) is 1.27. The molecule has 0 N–H and O–H groups in total. The normalized spacial score (nSPS) is 14.0. The van der Waals surface area contributed by atoms with E-state index in [-0.39, 0.29) is 0 Å². The van der Waals surface area contributed by atoms with E-state index in [9.17, 15) is 0 Å². The molecule has 1 aromatic carbocycles. The molecule has 2 bridgehead atoms. The number of aromatic nitrogens is 3. The van der Waals surface area contributed by atoms with Crippen molar-refractivity contribution in [1.82, 2.24) is 13.2 Å². The maximum Gasteiger partial charge on any atom is 0.0976 e. The second kappa shape index (κ2) is 7.51. The number of hydrogen-bond acceptors (Lipinski definition) is 4. The van der Waals surface area contributed by atoms with Gasteiger partial charge in [-0.25, -0.2) is 0 Å². The van der Waals surface area contributed by atoms with Crippen LogP contribution < -0.4 is 0 Å². The molecule has 1 aliphatic rings. The van der Waals surface area contributed by atoms with Crippen LogP contribution in [0, 0.1) is 0 Å². The monoisotopic (exact) mass is 427 g/mol. The molecule has 6 heteroatoms. The van der Waals surface area contributed by atoms with Gasteiger partial charge in [-0.2, -0.15) is 14.7 Å². The van der Waals surface area contributed by atoms with Gasteiger partial charge in [0.05, 0.1) is 34.3 Å². The van der Waals surface area contributed by atoms with E-state index in [4.69, 9.17) is 0 Å². The van der Waals surface area contributed by atoms with E-state index >= 15 is 0 Å². The second-order valence-corrected chi connectivity index (χ2v) is 7.49. The van der Waals surface area contributed by atoms with Crippen LogP contribution in [0.5, 0.6) is 0 Å². The number of halogens is 1. The Hall–Kier alpha value is -0.730. The third-order valence-electron chi connectivity index (χ3n) is 3.03. The quantitative estimate of drug-likeness (QED) is 0.574. The third kappa shape index (κ3) is 4.14. The first-order valence-electron chi connectivity index (χ1n) is 6.55. The van der Waals surface area contributed by atoms with E-state index in [0.717, 1.165) is 23.0 Å². The minimum atomic E-state index is 0.898. The van der Waals surface area contributed by atoms with Gasteiger partial charge in [-0.3, -0.25) is 0 Å². The van der Waals surface area contributed by atoms with Crippen LogP contribution in [0.15, 0.2) is 53.4 Å². The molecule has 0 spiro atoms. The Morgan fingerprint density at radius 2 is 1.81 bits per heavy atom. The maximum atomic E-state index is 4.29. The highest BCUT2D eigenvalue weighted by Gasteiger charge is 2.13. The SMILES string of the molecule is In1nnc2c1CSc1cccccccc(c1)CSC2. The van der Waals surface area contributed by atoms with Crippen LogP contribution in [0.25, 0.3) is 0 Å². The van der Waals surface area contributed by atoms with Gasteiger partial charge in [-0.1, -0.05) is 41.6 Å². The highest BCUT2D eigenvalue weighted by molar-refractivity contribution is 14.1. The van der Waals surface area contributed by atoms with Gasteiger partial charge < -0.3 is 0 Å². The fraction of sp³-hybridized carbons (Fsp3) is 0.200. The lowest BCUT2D eigenvalue weighted by molar-refractivity contribution is 0.897. The van der Waals surface area contributed by atoms with Crippen molar-refractivity contribution in [2.45, 2.75) is 22.2 Å². The van der Waals surface area contributed by atoms with Crippen molar-refractivity contribution in [3.05, 3.63) is 65.5 Å². The molecule has 108 valence electrons. The molecular formula is C15H14IN3S2. The Kier molecular flexibility index (Phi) is 5.43. The highest BCUT2D eigenvalue weighted by Crippen LogP contribution is 2.29. The van der Waals surface area contributed by atoms with Crippen LogP contribution in [0.1, 0.15) is 17.0 Å². The lowest BCUT2D eigenvalue weighted by atomic mass is 10.3. The number of hydrogen-bond donors (Lipinski definition) is 0. The minimum absolute atomic E-state index is 0.898. The van der Waals surface area contributed by atoms with E-state index in [1.807, 2.05) is 26.4 Å². The number of rotatable bonds is 0. The summed E-state index contributed by atoms with van der Waals surface area (Å²) >= 11 is 5.93. The van der Waals surface area contributed by atoms with Gasteiger partial charge in [0.2, 0.25) is 0 Å². The predicted molar refractivity (Wildman–Crippen MR) is 98.1 cm³/mol. The third-order valence-corrected chi connectivity index (χ3v) is 5.82. The van der Waals surface area contributed by atoms with E-state index in [0.29, 0.717) is 0 Å². The Morgan fingerprint density at radius 1 is 1.00 bits per heavy atom. The average molecular weight is 427 g/mol. The van der Waals surface area contributed by atoms with Gasteiger partial charge >= 0.3 is 0 Å². The van der Waals surface area contributed by atoms with Gasteiger partial charge in [-0.15, -0.1) is 16.9 Å². The first-order valence-corrected chi connectivity index (χ1v) is 9.66. The minimum Gasteiger partial charge on any atom is -0.187 e. The number of thioether (sulfide) groups is 2. The molecule has 0 amide bonds. The molecule has 3 rings (SSSR count). The Labute approximate surface area is 146 Å². The lowest BCUT2D eigenvalue weighted by Gasteiger charge is -2.07. The summed E-state index contributed by atoms with van der Waals surface area (Å²) in [5.41, 5.74) is 3.65. The Morgan fingerprint density at radius 3 is 2.71 bits per heavy atom. The summed E-state index contributed by atoms with van der Waals surface area (Å²) in [6, 6.07) is 17.0. The maximum absolute atomic E-state index is 4.29. The standard InChI is InChI=1S/C15H14IN3S2/c16-19-15-11-21-13-7-5-3-1-2-4-6-12(8-13)9-20-10-14(15)17-18-19/h1-8H,9-11H2. The molecule has 2 aromatic rings. The molecule has 0 aliphatic carbocycles. The smallest absolute Gasteiger partial charge is 0.0976 e. The van der Waals surface area contributed by atoms with Crippen molar-refractivity contribution in [2.75, 3.05) is 0 Å². The van der Waals surface area contributed by atoms with Crippen molar-refractivity contribution in [1.29, 1.82) is 0 Å². The van der Waals surface area contributed by atoms with Crippen LogP contribution in [0.2, 0.25) is 0 Å². The molecule has 3 nitrogen and oxygen atoms in total. The van der Waals surface area contributed by atoms with Gasteiger partial charge in [-0.05, 0) is 17.7 Å². The molecule has 2 heterocycles. The van der Waals surface area contributed by atoms with Gasteiger partial charge in [0, 0.05) is 22.2 Å². The zero-order chi connectivity index (χ0) is 14.5. The van der Waals surface area contributed by atoms with E-state index < -0.39 is 0 Å². The summed E-state index contributed by atoms with van der Waals surface area (Å²) in [5.74, 6) is 2.80. The molecule has 21 heavy (non-hydrogen) atoms. The Bertz CT molecular complexity index is 686. The summed E-state index contributed by atoms with van der Waals surface area (Å²) in [6.07, 6.45) is 0. The average Bonchev–Trinajstić information content (AvgIpc) is 2.84. The molecule has 1 aliphatic heterocycles. The van der Waals surface area contributed by atoms with Crippen LogP contribution >= 0.6 is 46.4 Å². The summed E-state index contributed by atoms with van der Waals surface area (Å²) in [5, 5.41) is 8.44. The molecule has 1 aromatic heterocycles. The summed E-state index contributed by atoms with van der Waals surface area (Å²) in [6.45, 7) is 0. The van der Waals surface area contributed by atoms with Gasteiger partial charge in [0.15, 0.2) is 0 Å². The van der Waals surface area contributed by atoms with E-state index in [2.05, 4.69) is 81.7 Å². The largest absolute Gasteiger partial charge is 0.187 e. The molecular weight excluding hydrogens is 413 g/mol. The molecule has 0 saturated carbocycles. The molecule has 0 fully saturated rings. The lowest BCUT2D eigenvalue weighted by Crippen LogP contribution is -1.95. The van der Waals surface area contributed by atoms with Crippen LogP contribution in [-0.2, 0) is 17.3 Å². The predicted octanol–water partition coefficient (Wildman–Crippen LogP) is 4.64. The first-order chi connectivity index (χ1) is 10.3. The topological polar surface area (TPSA) is 30.7 Å². The number of fused-ring (bicyclic) bond motifs is 3. The second-order valence-electron chi connectivity index (χ2n) is 4.54. The molecule has 0 atom stereocenters. The zero-order valence-electron chi connectivity index (χ0n) is 11.3.